The van der Waals surface area contributed by atoms with Crippen LogP contribution in [-0.4, -0.2) is 25.1 Å². The summed E-state index contributed by atoms with van der Waals surface area (Å²) in [7, 11) is 1.93. The van der Waals surface area contributed by atoms with Gasteiger partial charge in [-0.05, 0) is 12.6 Å². The van der Waals surface area contributed by atoms with Gasteiger partial charge in [-0.2, -0.15) is 0 Å². The molecule has 0 aliphatic carbocycles. The lowest BCUT2D eigenvalue weighted by Crippen LogP contribution is -2.35. The molecule has 3 N–H and O–H groups in total. The highest BCUT2D eigenvalue weighted by Gasteiger charge is 1.98. The smallest absolute Gasteiger partial charge is 0.0379 e. The zero-order valence-electron chi connectivity index (χ0n) is 8.85. The molecule has 0 saturated heterocycles. The van der Waals surface area contributed by atoms with E-state index in [-0.39, 0.29) is 24.8 Å². The highest BCUT2D eigenvalue weighted by atomic mass is 35.5. The Morgan fingerprint density at radius 3 is 2.33 bits per heavy atom. The van der Waals surface area contributed by atoms with Crippen molar-refractivity contribution in [1.29, 1.82) is 0 Å². The Morgan fingerprint density at radius 1 is 1.20 bits per heavy atom. The molecule has 0 aromatic heterocycles. The van der Waals surface area contributed by atoms with E-state index in [1.165, 1.54) is 5.56 Å². The van der Waals surface area contributed by atoms with Crippen LogP contribution in [0.2, 0.25) is 0 Å². The van der Waals surface area contributed by atoms with E-state index in [0.29, 0.717) is 0 Å². The zero-order valence-corrected chi connectivity index (χ0v) is 10.5. The van der Waals surface area contributed by atoms with Crippen LogP contribution in [0.15, 0.2) is 30.3 Å². The molecule has 0 amide bonds. The van der Waals surface area contributed by atoms with Crippen molar-refractivity contribution in [3.63, 3.8) is 0 Å². The maximum Gasteiger partial charge on any atom is 0.0379 e. The number of nitrogens with two attached hydrogens (primary N) is 1. The average molecular weight is 252 g/mol. The molecular weight excluding hydrogens is 233 g/mol. The fourth-order valence-corrected chi connectivity index (χ4v) is 1.15. The minimum Gasteiger partial charge on any atom is -0.318 e. The first-order valence-electron chi connectivity index (χ1n) is 4.51. The van der Waals surface area contributed by atoms with Crippen molar-refractivity contribution in [3.8, 4) is 0 Å². The number of likely N-dealkylation sites (N-methyl/N-ethyl adjacent to an activating group) is 1. The van der Waals surface area contributed by atoms with Crippen molar-refractivity contribution >= 4 is 24.8 Å². The van der Waals surface area contributed by atoms with E-state index in [9.17, 15) is 0 Å². The van der Waals surface area contributed by atoms with E-state index in [4.69, 9.17) is 5.84 Å². The second-order valence-electron chi connectivity index (χ2n) is 3.06. The van der Waals surface area contributed by atoms with Crippen LogP contribution in [0, 0.1) is 0 Å². The Kier molecular flexibility index (Phi) is 11.6. The predicted octanol–water partition coefficient (Wildman–Crippen LogP) is 1.43. The molecule has 1 aromatic carbocycles. The van der Waals surface area contributed by atoms with Crippen LogP contribution in [0.3, 0.4) is 0 Å². The van der Waals surface area contributed by atoms with E-state index < -0.39 is 0 Å². The van der Waals surface area contributed by atoms with Gasteiger partial charge in [-0.15, -0.1) is 24.8 Å². The molecule has 3 nitrogen and oxygen atoms in total. The Hall–Kier alpha value is -0.320. The topological polar surface area (TPSA) is 41.3 Å². The molecule has 0 aliphatic heterocycles. The van der Waals surface area contributed by atoms with Gasteiger partial charge >= 0.3 is 0 Å². The summed E-state index contributed by atoms with van der Waals surface area (Å²) in [4.78, 5) is 0. The SMILES string of the molecule is CNCCN(N)Cc1ccccc1.Cl.Cl. The Bertz CT molecular complexity index is 231. The van der Waals surface area contributed by atoms with Crippen LogP contribution in [0.5, 0.6) is 0 Å². The first-order valence-corrected chi connectivity index (χ1v) is 4.51. The average Bonchev–Trinajstić information content (AvgIpc) is 2.16. The number of halogens is 2. The molecule has 5 heteroatoms. The molecule has 0 radical (unpaired) electrons. The van der Waals surface area contributed by atoms with Crippen LogP contribution in [0.25, 0.3) is 0 Å². The molecule has 0 unspecified atom stereocenters. The minimum atomic E-state index is 0. The van der Waals surface area contributed by atoms with Gasteiger partial charge in [-0.1, -0.05) is 30.3 Å². The van der Waals surface area contributed by atoms with Gasteiger partial charge < -0.3 is 5.32 Å². The second-order valence-corrected chi connectivity index (χ2v) is 3.06. The number of benzene rings is 1. The maximum atomic E-state index is 5.79. The molecule has 0 fully saturated rings. The van der Waals surface area contributed by atoms with Gasteiger partial charge in [0.1, 0.15) is 0 Å². The maximum absolute atomic E-state index is 5.79. The van der Waals surface area contributed by atoms with E-state index in [2.05, 4.69) is 17.4 Å². The summed E-state index contributed by atoms with van der Waals surface area (Å²) in [5.74, 6) is 5.79. The van der Waals surface area contributed by atoms with Gasteiger partial charge in [0.2, 0.25) is 0 Å². The van der Waals surface area contributed by atoms with Gasteiger partial charge in [0.15, 0.2) is 0 Å². The Labute approximate surface area is 104 Å². The summed E-state index contributed by atoms with van der Waals surface area (Å²) in [6.07, 6.45) is 0. The molecule has 88 valence electrons. The highest BCUT2D eigenvalue weighted by Crippen LogP contribution is 2.00. The summed E-state index contributed by atoms with van der Waals surface area (Å²) >= 11 is 0. The zero-order chi connectivity index (χ0) is 9.52. The third kappa shape index (κ3) is 7.59. The van der Waals surface area contributed by atoms with Crippen molar-refractivity contribution in [3.05, 3.63) is 35.9 Å². The summed E-state index contributed by atoms with van der Waals surface area (Å²) in [5.41, 5.74) is 1.25. The first kappa shape index (κ1) is 17.1. The van der Waals surface area contributed by atoms with Gasteiger partial charge in [0.25, 0.3) is 0 Å². The monoisotopic (exact) mass is 251 g/mol. The molecule has 0 saturated carbocycles. The third-order valence-electron chi connectivity index (χ3n) is 1.88. The van der Waals surface area contributed by atoms with Crippen LogP contribution in [0.4, 0.5) is 0 Å². The number of hydrazine groups is 1. The standard InChI is InChI=1S/C10H17N3.2ClH/c1-12-7-8-13(11)9-10-5-3-2-4-6-10;;/h2-6,12H,7-9,11H2,1H3;2*1H. The summed E-state index contributed by atoms with van der Waals surface area (Å²) < 4.78 is 0. The second kappa shape index (κ2) is 10.2. The molecule has 0 bridgehead atoms. The van der Waals surface area contributed by atoms with Crippen molar-refractivity contribution in [2.24, 2.45) is 5.84 Å². The third-order valence-corrected chi connectivity index (χ3v) is 1.88. The van der Waals surface area contributed by atoms with Gasteiger partial charge in [0, 0.05) is 19.6 Å². The van der Waals surface area contributed by atoms with Gasteiger partial charge in [-0.3, -0.25) is 5.84 Å². The molecule has 0 heterocycles. The first-order chi connectivity index (χ1) is 6.33. The largest absolute Gasteiger partial charge is 0.318 e. The predicted molar refractivity (Wildman–Crippen MR) is 69.5 cm³/mol. The number of hydrogen-bond donors (Lipinski definition) is 2. The lowest BCUT2D eigenvalue weighted by Gasteiger charge is -2.15. The van der Waals surface area contributed by atoms with Crippen molar-refractivity contribution in [1.82, 2.24) is 10.3 Å². The Morgan fingerprint density at radius 2 is 1.80 bits per heavy atom. The molecule has 1 rings (SSSR count). The van der Waals surface area contributed by atoms with Crippen molar-refractivity contribution in [2.45, 2.75) is 6.54 Å². The molecule has 15 heavy (non-hydrogen) atoms. The summed E-state index contributed by atoms with van der Waals surface area (Å²) in [5, 5.41) is 4.87. The van der Waals surface area contributed by atoms with Crippen LogP contribution in [-0.2, 0) is 6.54 Å². The molecule has 0 aliphatic rings. The lowest BCUT2D eigenvalue weighted by molar-refractivity contribution is 0.276. The van der Waals surface area contributed by atoms with Crippen LogP contribution < -0.4 is 11.2 Å². The fourth-order valence-electron chi connectivity index (χ4n) is 1.15. The van der Waals surface area contributed by atoms with E-state index in [1.54, 1.807) is 0 Å². The molecule has 1 aromatic rings. The van der Waals surface area contributed by atoms with Crippen molar-refractivity contribution < 1.29 is 0 Å². The molecular formula is C10H19Cl2N3. The number of nitrogens with one attached hydrogen (secondary N) is 1. The van der Waals surface area contributed by atoms with E-state index in [1.807, 2.05) is 30.3 Å². The fraction of sp³-hybridized carbons (Fsp3) is 0.400. The van der Waals surface area contributed by atoms with Crippen LogP contribution in [0.1, 0.15) is 5.56 Å². The summed E-state index contributed by atoms with van der Waals surface area (Å²) in [6.45, 7) is 2.59. The number of nitrogens with zero attached hydrogens (tertiary/aromatic N) is 1. The Balaban J connectivity index is 0. The van der Waals surface area contributed by atoms with E-state index >= 15 is 0 Å². The lowest BCUT2D eigenvalue weighted by atomic mass is 10.2. The number of hydrogen-bond acceptors (Lipinski definition) is 3. The van der Waals surface area contributed by atoms with Gasteiger partial charge in [-0.25, -0.2) is 5.01 Å². The quantitative estimate of drug-likeness (QED) is 0.615. The van der Waals surface area contributed by atoms with Crippen molar-refractivity contribution in [2.75, 3.05) is 20.1 Å². The number of rotatable bonds is 5. The van der Waals surface area contributed by atoms with Gasteiger partial charge in [0.05, 0.1) is 0 Å². The normalized spacial score (nSPS) is 9.27. The minimum absolute atomic E-state index is 0. The summed E-state index contributed by atoms with van der Waals surface area (Å²) in [6, 6.07) is 10.2. The molecule has 0 atom stereocenters. The van der Waals surface area contributed by atoms with Crippen LogP contribution >= 0.6 is 24.8 Å². The highest BCUT2D eigenvalue weighted by molar-refractivity contribution is 5.85. The molecule has 0 spiro atoms. The van der Waals surface area contributed by atoms with E-state index in [0.717, 1.165) is 19.6 Å².